The maximum atomic E-state index is 13.0. The number of halogens is 1. The lowest BCUT2D eigenvalue weighted by molar-refractivity contribution is -0.132. The van der Waals surface area contributed by atoms with E-state index >= 15 is 0 Å². The van der Waals surface area contributed by atoms with Gasteiger partial charge in [0.2, 0.25) is 15.9 Å². The van der Waals surface area contributed by atoms with E-state index in [-0.39, 0.29) is 12.5 Å². The van der Waals surface area contributed by atoms with Gasteiger partial charge in [0.15, 0.2) is 0 Å². The van der Waals surface area contributed by atoms with E-state index in [1.165, 1.54) is 9.87 Å². The van der Waals surface area contributed by atoms with Crippen LogP contribution in [0.2, 0.25) is 0 Å². The van der Waals surface area contributed by atoms with Crippen molar-refractivity contribution in [1.82, 2.24) is 13.8 Å². The Kier molecular flexibility index (Phi) is 9.58. The van der Waals surface area contributed by atoms with E-state index in [2.05, 4.69) is 39.6 Å². The number of unbranched alkanes of at least 4 members (excludes halogenated alkanes) is 1. The Hall–Kier alpha value is -1.64. The molecule has 2 rings (SSSR count). The van der Waals surface area contributed by atoms with Crippen molar-refractivity contribution >= 4 is 31.9 Å². The van der Waals surface area contributed by atoms with Crippen LogP contribution >= 0.6 is 15.9 Å². The molecule has 0 radical (unpaired) electrons. The highest BCUT2D eigenvalue weighted by molar-refractivity contribution is 9.10. The van der Waals surface area contributed by atoms with Crippen molar-refractivity contribution < 1.29 is 13.2 Å². The third-order valence-corrected chi connectivity index (χ3v) is 6.71. The van der Waals surface area contributed by atoms with Gasteiger partial charge in [-0.2, -0.15) is 4.31 Å². The largest absolute Gasteiger partial charge is 0.345 e. The summed E-state index contributed by atoms with van der Waals surface area (Å²) in [6.45, 7) is 6.03. The molecule has 166 valence electrons. The Morgan fingerprint density at radius 3 is 2.37 bits per heavy atom. The van der Waals surface area contributed by atoms with Crippen molar-refractivity contribution in [2.45, 2.75) is 46.2 Å². The van der Waals surface area contributed by atoms with Gasteiger partial charge >= 0.3 is 0 Å². The zero-order valence-corrected chi connectivity index (χ0v) is 20.5. The summed E-state index contributed by atoms with van der Waals surface area (Å²) in [7, 11) is -3.41. The van der Waals surface area contributed by atoms with Gasteiger partial charge in [0.25, 0.3) is 0 Å². The van der Waals surface area contributed by atoms with Crippen LogP contribution in [0.1, 0.15) is 44.4 Å². The number of carbonyl (C=O) groups excluding carboxylic acids is 1. The molecule has 1 aromatic carbocycles. The number of aromatic nitrogens is 1. The lowest BCUT2D eigenvalue weighted by Crippen LogP contribution is -2.43. The Morgan fingerprint density at radius 2 is 1.77 bits per heavy atom. The molecule has 0 aliphatic heterocycles. The van der Waals surface area contributed by atoms with Gasteiger partial charge in [-0.25, -0.2) is 8.42 Å². The topological polar surface area (TPSA) is 62.6 Å². The smallest absolute Gasteiger partial charge is 0.238 e. The van der Waals surface area contributed by atoms with E-state index in [1.807, 2.05) is 37.4 Å². The average Bonchev–Trinajstić information content (AvgIpc) is 3.12. The Balaban J connectivity index is 2.15. The van der Waals surface area contributed by atoms with Crippen molar-refractivity contribution in [3.05, 3.63) is 58.3 Å². The highest BCUT2D eigenvalue weighted by Gasteiger charge is 2.23. The van der Waals surface area contributed by atoms with Gasteiger partial charge < -0.3 is 9.47 Å². The monoisotopic (exact) mass is 497 g/mol. The van der Waals surface area contributed by atoms with Crippen LogP contribution < -0.4 is 0 Å². The summed E-state index contributed by atoms with van der Waals surface area (Å²) in [6, 6.07) is 12.2. The van der Waals surface area contributed by atoms with Crippen LogP contribution in [-0.4, -0.2) is 54.0 Å². The fourth-order valence-electron chi connectivity index (χ4n) is 3.23. The second kappa shape index (κ2) is 11.7. The number of rotatable bonds is 12. The molecule has 0 bridgehead atoms. The second-order valence-corrected chi connectivity index (χ2v) is 10.4. The molecule has 2 aromatic rings. The van der Waals surface area contributed by atoms with E-state index in [1.54, 1.807) is 4.90 Å². The van der Waals surface area contributed by atoms with Gasteiger partial charge in [0.05, 0.1) is 19.3 Å². The highest BCUT2D eigenvalue weighted by Crippen LogP contribution is 2.15. The lowest BCUT2D eigenvalue weighted by atomic mass is 10.2. The molecule has 0 saturated heterocycles. The molecular formula is C22H32BrN3O3S. The maximum Gasteiger partial charge on any atom is 0.238 e. The molecule has 0 saturated carbocycles. The summed E-state index contributed by atoms with van der Waals surface area (Å²) in [5, 5.41) is 0. The van der Waals surface area contributed by atoms with E-state index in [4.69, 9.17) is 0 Å². The predicted octanol–water partition coefficient (Wildman–Crippen LogP) is 4.10. The van der Waals surface area contributed by atoms with Crippen LogP contribution in [-0.2, 0) is 27.9 Å². The number of amides is 1. The Labute approximate surface area is 189 Å². The quantitative estimate of drug-likeness (QED) is 0.443. The predicted molar refractivity (Wildman–Crippen MR) is 125 cm³/mol. The molecule has 8 heteroatoms. The fraction of sp³-hybridized carbons (Fsp3) is 0.500. The SMILES string of the molecule is CCCCN(Cc1cccn1Cc1ccc(Br)cc1)C(=O)CN(CCC)S(C)(=O)=O. The molecule has 0 unspecified atom stereocenters. The third-order valence-electron chi connectivity index (χ3n) is 4.93. The van der Waals surface area contributed by atoms with Crippen LogP contribution in [0.5, 0.6) is 0 Å². The van der Waals surface area contributed by atoms with Crippen molar-refractivity contribution in [2.24, 2.45) is 0 Å². The van der Waals surface area contributed by atoms with E-state index in [9.17, 15) is 13.2 Å². The van der Waals surface area contributed by atoms with Crippen molar-refractivity contribution in [3.8, 4) is 0 Å². The summed E-state index contributed by atoms with van der Waals surface area (Å²) < 4.78 is 28.5. The van der Waals surface area contributed by atoms with Crippen LogP contribution in [0.3, 0.4) is 0 Å². The summed E-state index contributed by atoms with van der Waals surface area (Å²) >= 11 is 3.46. The first-order chi connectivity index (χ1) is 14.2. The number of hydrogen-bond donors (Lipinski definition) is 0. The first-order valence-electron chi connectivity index (χ1n) is 10.4. The van der Waals surface area contributed by atoms with Crippen molar-refractivity contribution in [2.75, 3.05) is 25.9 Å². The molecule has 0 atom stereocenters. The van der Waals surface area contributed by atoms with Gasteiger partial charge in [-0.1, -0.05) is 48.3 Å². The van der Waals surface area contributed by atoms with Crippen LogP contribution in [0.15, 0.2) is 47.1 Å². The van der Waals surface area contributed by atoms with Crippen molar-refractivity contribution in [1.29, 1.82) is 0 Å². The number of sulfonamides is 1. The molecule has 1 amide bonds. The molecule has 0 aliphatic carbocycles. The molecule has 0 aliphatic rings. The first kappa shape index (κ1) is 24.6. The molecule has 0 spiro atoms. The first-order valence-corrected chi connectivity index (χ1v) is 13.0. The van der Waals surface area contributed by atoms with Gasteiger partial charge in [-0.05, 0) is 42.7 Å². The number of hydrogen-bond acceptors (Lipinski definition) is 3. The van der Waals surface area contributed by atoms with Crippen LogP contribution in [0, 0.1) is 0 Å². The summed E-state index contributed by atoms with van der Waals surface area (Å²) in [5.74, 6) is -0.154. The molecule has 1 heterocycles. The highest BCUT2D eigenvalue weighted by atomic mass is 79.9. The van der Waals surface area contributed by atoms with Gasteiger partial charge in [-0.15, -0.1) is 0 Å². The van der Waals surface area contributed by atoms with Gasteiger partial charge in [-0.3, -0.25) is 4.79 Å². The maximum absolute atomic E-state index is 13.0. The van der Waals surface area contributed by atoms with E-state index in [0.29, 0.717) is 26.1 Å². The Bertz CT molecular complexity index is 910. The number of carbonyl (C=O) groups is 1. The minimum atomic E-state index is -3.41. The standard InChI is InChI=1S/C22H32BrN3O3S/c1-4-6-14-25(22(27)18-26(13-5-2)30(3,28)29)17-21-8-7-15-24(21)16-19-9-11-20(23)12-10-19/h7-12,15H,4-6,13-14,16-18H2,1-3H3. The van der Waals surface area contributed by atoms with Crippen LogP contribution in [0.4, 0.5) is 0 Å². The fourth-order valence-corrected chi connectivity index (χ4v) is 4.36. The average molecular weight is 498 g/mol. The molecule has 0 N–H and O–H groups in total. The zero-order valence-electron chi connectivity index (χ0n) is 18.1. The number of nitrogens with zero attached hydrogens (tertiary/aromatic N) is 3. The van der Waals surface area contributed by atoms with Crippen molar-refractivity contribution in [3.63, 3.8) is 0 Å². The van der Waals surface area contributed by atoms with E-state index < -0.39 is 10.0 Å². The Morgan fingerprint density at radius 1 is 1.07 bits per heavy atom. The van der Waals surface area contributed by atoms with Gasteiger partial charge in [0.1, 0.15) is 0 Å². The molecule has 1 aromatic heterocycles. The summed E-state index contributed by atoms with van der Waals surface area (Å²) in [4.78, 5) is 14.8. The second-order valence-electron chi connectivity index (χ2n) is 7.52. The molecule has 0 fully saturated rings. The molecule has 6 nitrogen and oxygen atoms in total. The lowest BCUT2D eigenvalue weighted by Gasteiger charge is -2.27. The third kappa shape index (κ3) is 7.56. The normalized spacial score (nSPS) is 11.8. The van der Waals surface area contributed by atoms with Crippen LogP contribution in [0.25, 0.3) is 0 Å². The minimum Gasteiger partial charge on any atom is -0.345 e. The molecular weight excluding hydrogens is 466 g/mol. The van der Waals surface area contributed by atoms with E-state index in [0.717, 1.165) is 35.8 Å². The summed E-state index contributed by atoms with van der Waals surface area (Å²) in [5.41, 5.74) is 2.21. The zero-order chi connectivity index (χ0) is 22.1. The minimum absolute atomic E-state index is 0.107. The summed E-state index contributed by atoms with van der Waals surface area (Å²) in [6.07, 6.45) is 5.70. The molecule has 30 heavy (non-hydrogen) atoms. The van der Waals surface area contributed by atoms with Gasteiger partial charge in [0, 0.05) is 36.0 Å². The number of benzene rings is 1.